The number of fused-ring (bicyclic) bond motifs is 1. The van der Waals surface area contributed by atoms with Gasteiger partial charge in [-0.25, -0.2) is 0 Å². The summed E-state index contributed by atoms with van der Waals surface area (Å²) < 4.78 is 1.41. The fourth-order valence-electron chi connectivity index (χ4n) is 3.16. The summed E-state index contributed by atoms with van der Waals surface area (Å²) >= 11 is 3.97. The monoisotopic (exact) mass is 320 g/mol. The van der Waals surface area contributed by atoms with Crippen molar-refractivity contribution in [2.24, 2.45) is 0 Å². The fourth-order valence-corrected chi connectivity index (χ4v) is 5.45. The van der Waals surface area contributed by atoms with Crippen molar-refractivity contribution in [3.05, 3.63) is 35.2 Å². The molecule has 1 N–H and O–H groups in total. The van der Waals surface area contributed by atoms with Gasteiger partial charge in [-0.3, -0.25) is 0 Å². The largest absolute Gasteiger partial charge is 0.312 e. The highest BCUT2D eigenvalue weighted by Gasteiger charge is 2.28. The maximum absolute atomic E-state index is 3.74. The molecule has 0 bridgehead atoms. The zero-order chi connectivity index (χ0) is 14.7. The predicted molar refractivity (Wildman–Crippen MR) is 96.7 cm³/mol. The van der Waals surface area contributed by atoms with Crippen molar-refractivity contribution in [2.75, 3.05) is 31.6 Å². The van der Waals surface area contributed by atoms with Crippen LogP contribution in [0.5, 0.6) is 0 Å². The van der Waals surface area contributed by atoms with Crippen molar-refractivity contribution in [3.8, 4) is 0 Å². The molecule has 2 atom stereocenters. The lowest BCUT2D eigenvalue weighted by Crippen LogP contribution is -2.53. The van der Waals surface area contributed by atoms with Crippen LogP contribution in [-0.4, -0.2) is 48.6 Å². The zero-order valence-electron chi connectivity index (χ0n) is 12.8. The van der Waals surface area contributed by atoms with Crippen molar-refractivity contribution in [1.82, 2.24) is 10.2 Å². The molecule has 0 saturated carbocycles. The Morgan fingerprint density at radius 3 is 3.05 bits per heavy atom. The second-order valence-electron chi connectivity index (χ2n) is 5.75. The Morgan fingerprint density at radius 1 is 1.38 bits per heavy atom. The molecule has 114 valence electrons. The van der Waals surface area contributed by atoms with Crippen LogP contribution in [0.1, 0.15) is 12.5 Å². The van der Waals surface area contributed by atoms with Crippen molar-refractivity contribution in [2.45, 2.75) is 25.4 Å². The molecule has 21 heavy (non-hydrogen) atoms. The highest BCUT2D eigenvalue weighted by molar-refractivity contribution is 7.99. The lowest BCUT2D eigenvalue weighted by molar-refractivity contribution is 0.215. The quantitative estimate of drug-likeness (QED) is 0.908. The highest BCUT2D eigenvalue weighted by atomic mass is 32.2. The third-order valence-electron chi connectivity index (χ3n) is 4.37. The van der Waals surface area contributed by atoms with Gasteiger partial charge in [0.2, 0.25) is 0 Å². The molecule has 1 aromatic carbocycles. The molecule has 1 saturated heterocycles. The summed E-state index contributed by atoms with van der Waals surface area (Å²) in [4.78, 5) is 2.54. The van der Waals surface area contributed by atoms with Gasteiger partial charge in [0.05, 0.1) is 0 Å². The molecule has 0 spiro atoms. The molecule has 1 aromatic heterocycles. The molecule has 2 heterocycles. The molecule has 4 heteroatoms. The van der Waals surface area contributed by atoms with E-state index in [9.17, 15) is 0 Å². The summed E-state index contributed by atoms with van der Waals surface area (Å²) in [5, 5.41) is 7.53. The minimum atomic E-state index is 0.547. The normalized spacial score (nSPS) is 21.7. The van der Waals surface area contributed by atoms with Crippen LogP contribution in [0.3, 0.4) is 0 Å². The van der Waals surface area contributed by atoms with Gasteiger partial charge in [0.15, 0.2) is 0 Å². The Labute approximate surface area is 135 Å². The van der Waals surface area contributed by atoms with E-state index in [4.69, 9.17) is 0 Å². The zero-order valence-corrected chi connectivity index (χ0v) is 14.5. The van der Waals surface area contributed by atoms with E-state index in [-0.39, 0.29) is 0 Å². The molecule has 1 aliphatic rings. The van der Waals surface area contributed by atoms with Gasteiger partial charge in [0, 0.05) is 34.8 Å². The van der Waals surface area contributed by atoms with Gasteiger partial charge in [0.25, 0.3) is 0 Å². The van der Waals surface area contributed by atoms with Gasteiger partial charge >= 0.3 is 0 Å². The van der Waals surface area contributed by atoms with Crippen molar-refractivity contribution in [1.29, 1.82) is 0 Å². The molecule has 2 aromatic rings. The van der Waals surface area contributed by atoms with Gasteiger partial charge in [-0.15, -0.1) is 11.3 Å². The second-order valence-corrected chi connectivity index (χ2v) is 7.81. The van der Waals surface area contributed by atoms with Crippen LogP contribution in [-0.2, 0) is 6.42 Å². The summed E-state index contributed by atoms with van der Waals surface area (Å²) in [5.74, 6) is 2.52. The standard InChI is InChI=1S/C17H24N2S2/c1-3-18-15(16-12-20-9-8-19(16)2)10-13-11-21-17-7-5-4-6-14(13)17/h4-7,11,15-16,18H,3,8-10,12H2,1-2H3. The van der Waals surface area contributed by atoms with Crippen LogP contribution in [0.4, 0.5) is 0 Å². The van der Waals surface area contributed by atoms with Gasteiger partial charge in [-0.05, 0) is 42.4 Å². The van der Waals surface area contributed by atoms with Crippen LogP contribution in [0.25, 0.3) is 10.1 Å². The van der Waals surface area contributed by atoms with Crippen LogP contribution in [0.2, 0.25) is 0 Å². The first-order valence-corrected chi connectivity index (χ1v) is 9.79. The van der Waals surface area contributed by atoms with E-state index in [0.29, 0.717) is 12.1 Å². The van der Waals surface area contributed by atoms with E-state index in [2.05, 4.69) is 65.6 Å². The van der Waals surface area contributed by atoms with Crippen LogP contribution in [0.15, 0.2) is 29.6 Å². The Balaban J connectivity index is 1.81. The van der Waals surface area contributed by atoms with E-state index in [1.54, 1.807) is 0 Å². The first-order valence-electron chi connectivity index (χ1n) is 7.76. The van der Waals surface area contributed by atoms with E-state index < -0.39 is 0 Å². The minimum Gasteiger partial charge on any atom is -0.312 e. The molecule has 2 unspecified atom stereocenters. The maximum atomic E-state index is 3.74. The van der Waals surface area contributed by atoms with Gasteiger partial charge in [-0.1, -0.05) is 25.1 Å². The van der Waals surface area contributed by atoms with Gasteiger partial charge < -0.3 is 10.2 Å². The molecule has 0 radical (unpaired) electrons. The average Bonchev–Trinajstić information content (AvgIpc) is 2.91. The molecule has 1 fully saturated rings. The SMILES string of the molecule is CCNC(Cc1csc2ccccc12)C1CSCCN1C. The van der Waals surface area contributed by atoms with Gasteiger partial charge in [0.1, 0.15) is 0 Å². The third-order valence-corrected chi connectivity index (χ3v) is 6.44. The average molecular weight is 321 g/mol. The number of hydrogen-bond acceptors (Lipinski definition) is 4. The highest BCUT2D eigenvalue weighted by Crippen LogP contribution is 2.28. The number of nitrogens with zero attached hydrogens (tertiary/aromatic N) is 1. The van der Waals surface area contributed by atoms with Gasteiger partial charge in [-0.2, -0.15) is 11.8 Å². The van der Waals surface area contributed by atoms with Crippen LogP contribution < -0.4 is 5.32 Å². The number of thioether (sulfide) groups is 1. The Kier molecular flexibility index (Phi) is 5.22. The maximum Gasteiger partial charge on any atom is 0.0345 e. The van der Waals surface area contributed by atoms with Crippen molar-refractivity contribution < 1.29 is 0 Å². The first kappa shape index (κ1) is 15.3. The summed E-state index contributed by atoms with van der Waals surface area (Å²) in [5.41, 5.74) is 1.51. The Hall–Kier alpha value is -0.550. The number of rotatable bonds is 5. The molecule has 0 aliphatic carbocycles. The Bertz CT molecular complexity index is 581. The molecular formula is C17H24N2S2. The molecule has 2 nitrogen and oxygen atoms in total. The number of thiophene rings is 1. The smallest absolute Gasteiger partial charge is 0.0345 e. The summed E-state index contributed by atoms with van der Waals surface area (Å²) in [6.07, 6.45) is 1.13. The molecular weight excluding hydrogens is 296 g/mol. The molecule has 0 amide bonds. The topological polar surface area (TPSA) is 15.3 Å². The van der Waals surface area contributed by atoms with Crippen LogP contribution in [0, 0.1) is 0 Å². The van der Waals surface area contributed by atoms with E-state index in [1.807, 2.05) is 11.3 Å². The number of benzene rings is 1. The second kappa shape index (κ2) is 7.14. The minimum absolute atomic E-state index is 0.547. The predicted octanol–water partition coefficient (Wildman–Crippen LogP) is 3.47. The summed E-state index contributed by atoms with van der Waals surface area (Å²) in [6, 6.07) is 9.98. The first-order chi connectivity index (χ1) is 10.3. The Morgan fingerprint density at radius 2 is 2.24 bits per heavy atom. The van der Waals surface area contributed by atoms with Crippen LogP contribution >= 0.6 is 23.1 Å². The van der Waals surface area contributed by atoms with E-state index in [1.165, 1.54) is 33.7 Å². The number of likely N-dealkylation sites (N-methyl/N-ethyl adjacent to an activating group) is 2. The van der Waals surface area contributed by atoms with Crippen molar-refractivity contribution >= 4 is 33.2 Å². The fraction of sp³-hybridized carbons (Fsp3) is 0.529. The van der Waals surface area contributed by atoms with E-state index in [0.717, 1.165) is 13.0 Å². The molecule has 3 rings (SSSR count). The van der Waals surface area contributed by atoms with E-state index >= 15 is 0 Å². The lowest BCUT2D eigenvalue weighted by atomic mass is 9.98. The summed E-state index contributed by atoms with van der Waals surface area (Å²) in [6.45, 7) is 4.47. The number of nitrogens with one attached hydrogen (secondary N) is 1. The summed E-state index contributed by atoms with van der Waals surface area (Å²) in [7, 11) is 2.28. The molecule has 1 aliphatic heterocycles. The third kappa shape index (κ3) is 3.45. The lowest BCUT2D eigenvalue weighted by Gasteiger charge is -2.38. The van der Waals surface area contributed by atoms with Crippen molar-refractivity contribution in [3.63, 3.8) is 0 Å². The number of hydrogen-bond donors (Lipinski definition) is 1.